The molecule has 0 amide bonds. The Morgan fingerprint density at radius 3 is 2.33 bits per heavy atom. The Morgan fingerprint density at radius 1 is 1.83 bits per heavy atom. The van der Waals surface area contributed by atoms with E-state index >= 15 is 0 Å². The Bertz CT molecular complexity index is 24.7. The zero-order valence-corrected chi connectivity index (χ0v) is 3.62. The molecule has 0 aromatic heterocycles. The van der Waals surface area contributed by atoms with E-state index in [-0.39, 0.29) is 13.1 Å². The van der Waals surface area contributed by atoms with Crippen LogP contribution in [0.2, 0.25) is 0 Å². The highest BCUT2D eigenvalue weighted by atomic mass is 19.2. The largest absolute Gasteiger partial charge is 0.244 e. The highest BCUT2D eigenvalue weighted by Crippen LogP contribution is 1.99. The first-order valence-electron chi connectivity index (χ1n) is 1.89. The van der Waals surface area contributed by atoms with Crippen LogP contribution in [0.1, 0.15) is 13.3 Å². The molecule has 0 saturated heterocycles. The summed E-state index contributed by atoms with van der Waals surface area (Å²) in [5.41, 5.74) is 0. The molecule has 37 valence electrons. The van der Waals surface area contributed by atoms with Crippen molar-refractivity contribution in [3.8, 4) is 0 Å². The van der Waals surface area contributed by atoms with E-state index in [0.717, 1.165) is 0 Å². The summed E-state index contributed by atoms with van der Waals surface area (Å²) in [6.45, 7) is 1.64. The topological polar surface area (TPSA) is 0 Å². The van der Waals surface area contributed by atoms with Gasteiger partial charge < -0.3 is 0 Å². The fourth-order valence-corrected chi connectivity index (χ4v) is 0.0891. The third-order valence-corrected chi connectivity index (χ3v) is 0.527. The van der Waals surface area contributed by atoms with Gasteiger partial charge in [0.1, 0.15) is 6.17 Å². The van der Waals surface area contributed by atoms with E-state index in [1.807, 2.05) is 0 Å². The molecule has 0 aromatic rings. The predicted molar refractivity (Wildman–Crippen MR) is 20.6 cm³/mol. The Morgan fingerprint density at radius 2 is 2.33 bits per heavy atom. The average molecular weight is 93.1 g/mol. The van der Waals surface area contributed by atoms with Gasteiger partial charge in [-0.3, -0.25) is 0 Å². The minimum absolute atomic E-state index is 0.0556. The fraction of sp³-hybridized carbons (Fsp3) is 0.750. The van der Waals surface area contributed by atoms with Gasteiger partial charge in [-0.2, -0.15) is 0 Å². The van der Waals surface area contributed by atoms with Crippen LogP contribution in [0.4, 0.5) is 8.78 Å². The molecule has 1 atom stereocenters. The molecule has 6 heavy (non-hydrogen) atoms. The Labute approximate surface area is 36.2 Å². The van der Waals surface area contributed by atoms with Crippen molar-refractivity contribution in [1.82, 2.24) is 0 Å². The lowest BCUT2D eigenvalue weighted by atomic mass is 10.3. The first-order valence-corrected chi connectivity index (χ1v) is 1.89. The van der Waals surface area contributed by atoms with Crippen LogP contribution in [0, 0.1) is 6.67 Å². The summed E-state index contributed by atoms with van der Waals surface area (Å²) in [5, 5.41) is 0. The van der Waals surface area contributed by atoms with Crippen molar-refractivity contribution in [3.05, 3.63) is 6.67 Å². The van der Waals surface area contributed by atoms with Gasteiger partial charge in [0, 0.05) is 0 Å². The number of hydrogen-bond donors (Lipinski definition) is 0. The molecule has 2 heteroatoms. The molecule has 0 nitrogen and oxygen atoms in total. The van der Waals surface area contributed by atoms with Crippen LogP contribution in [0.5, 0.6) is 0 Å². The van der Waals surface area contributed by atoms with Gasteiger partial charge in [-0.1, -0.05) is 6.92 Å². The first-order chi connectivity index (χ1) is 2.81. The van der Waals surface area contributed by atoms with Crippen LogP contribution >= 0.6 is 0 Å². The lowest BCUT2D eigenvalue weighted by molar-refractivity contribution is 0.310. The van der Waals surface area contributed by atoms with Gasteiger partial charge in [0.25, 0.3) is 0 Å². The van der Waals surface area contributed by atoms with Gasteiger partial charge in [-0.15, -0.1) is 0 Å². The summed E-state index contributed by atoms with van der Waals surface area (Å²) >= 11 is 0. The van der Waals surface area contributed by atoms with Crippen LogP contribution in [0.15, 0.2) is 0 Å². The van der Waals surface area contributed by atoms with E-state index in [1.165, 1.54) is 0 Å². The lowest BCUT2D eigenvalue weighted by Crippen LogP contribution is -1.91. The number of rotatable bonds is 2. The minimum atomic E-state index is -1.36. The van der Waals surface area contributed by atoms with Gasteiger partial charge in [-0.05, 0) is 6.42 Å². The van der Waals surface area contributed by atoms with E-state index < -0.39 is 6.17 Å². The monoisotopic (exact) mass is 93.1 g/mol. The summed E-state index contributed by atoms with van der Waals surface area (Å²) < 4.78 is 22.3. The van der Waals surface area contributed by atoms with Crippen LogP contribution < -0.4 is 0 Å². The maximum Gasteiger partial charge on any atom is 0.165 e. The lowest BCUT2D eigenvalue weighted by Gasteiger charge is -1.90. The molecule has 0 N–H and O–H groups in total. The van der Waals surface area contributed by atoms with Crippen molar-refractivity contribution in [2.24, 2.45) is 0 Å². The third kappa shape index (κ3) is 2.12. The van der Waals surface area contributed by atoms with Gasteiger partial charge in [0.15, 0.2) is 6.67 Å². The molecule has 0 aliphatic heterocycles. The quantitative estimate of drug-likeness (QED) is 0.488. The maximum absolute atomic E-state index is 11.4. The summed E-state index contributed by atoms with van der Waals surface area (Å²) in [4.78, 5) is 0. The summed E-state index contributed by atoms with van der Waals surface area (Å²) in [6, 6.07) is 0. The summed E-state index contributed by atoms with van der Waals surface area (Å²) in [6.07, 6.45) is -1.12. The van der Waals surface area contributed by atoms with Crippen molar-refractivity contribution in [2.45, 2.75) is 19.5 Å². The number of hydrogen-bond acceptors (Lipinski definition) is 0. The van der Waals surface area contributed by atoms with Gasteiger partial charge >= 0.3 is 0 Å². The smallest absolute Gasteiger partial charge is 0.165 e. The van der Waals surface area contributed by atoms with E-state index in [4.69, 9.17) is 0 Å². The van der Waals surface area contributed by atoms with E-state index in [1.54, 1.807) is 6.92 Å². The molecule has 0 saturated carbocycles. The maximum atomic E-state index is 11.4. The molecule has 0 bridgehead atoms. The molecule has 0 heterocycles. The molecule has 0 aliphatic carbocycles. The van der Waals surface area contributed by atoms with E-state index in [2.05, 4.69) is 0 Å². The molecular weight excluding hydrogens is 86.0 g/mol. The van der Waals surface area contributed by atoms with Crippen molar-refractivity contribution < 1.29 is 8.78 Å². The Balaban J connectivity index is 2.75. The normalized spacial score (nSPS) is 14.5. The predicted octanol–water partition coefficient (Wildman–Crippen LogP) is 1.87. The van der Waals surface area contributed by atoms with Gasteiger partial charge in [0.2, 0.25) is 0 Å². The summed E-state index contributed by atoms with van der Waals surface area (Å²) in [7, 11) is 0. The van der Waals surface area contributed by atoms with Crippen molar-refractivity contribution in [2.75, 3.05) is 0 Å². The van der Waals surface area contributed by atoms with Gasteiger partial charge in [0.05, 0.1) is 0 Å². The van der Waals surface area contributed by atoms with E-state index in [9.17, 15) is 8.78 Å². The van der Waals surface area contributed by atoms with Crippen molar-refractivity contribution in [1.29, 1.82) is 0 Å². The number of alkyl halides is 1. The summed E-state index contributed by atoms with van der Waals surface area (Å²) in [5.74, 6) is 0. The number of halogens is 2. The van der Waals surface area contributed by atoms with Crippen LogP contribution in [-0.2, 0) is 0 Å². The molecule has 1 unspecified atom stereocenters. The molecular formula is C4H7F2. The zero-order chi connectivity index (χ0) is 4.99. The second-order valence-corrected chi connectivity index (χ2v) is 1.05. The Hall–Kier alpha value is -0.140. The average Bonchev–Trinajstić information content (AvgIpc) is 1.65. The second kappa shape index (κ2) is 3.07. The highest BCUT2D eigenvalue weighted by molar-refractivity contribution is 4.59. The Kier molecular flexibility index (Phi) is 2.99. The van der Waals surface area contributed by atoms with Crippen molar-refractivity contribution in [3.63, 3.8) is 0 Å². The van der Waals surface area contributed by atoms with Crippen molar-refractivity contribution >= 4 is 0 Å². The van der Waals surface area contributed by atoms with Crippen LogP contribution in [0.25, 0.3) is 0 Å². The molecule has 0 rings (SSSR count). The molecule has 0 aliphatic rings. The van der Waals surface area contributed by atoms with Crippen LogP contribution in [-0.4, -0.2) is 6.17 Å². The molecule has 0 spiro atoms. The fourth-order valence-electron chi connectivity index (χ4n) is 0.0891. The highest BCUT2D eigenvalue weighted by Gasteiger charge is 1.98. The third-order valence-electron chi connectivity index (χ3n) is 0.527. The standard InChI is InChI=1S/C4H7F2/c1-2-4(6)3-5/h3-4H,2H2,1H3. The minimum Gasteiger partial charge on any atom is -0.244 e. The molecule has 0 aromatic carbocycles. The van der Waals surface area contributed by atoms with Gasteiger partial charge in [-0.25, -0.2) is 8.78 Å². The second-order valence-electron chi connectivity index (χ2n) is 1.05. The van der Waals surface area contributed by atoms with E-state index in [0.29, 0.717) is 0 Å². The zero-order valence-electron chi connectivity index (χ0n) is 3.62. The first kappa shape index (κ1) is 5.86. The molecule has 1 radical (unpaired) electrons. The molecule has 0 fully saturated rings. The SMILES string of the molecule is CCC(F)[CH]F. The van der Waals surface area contributed by atoms with Crippen LogP contribution in [0.3, 0.4) is 0 Å².